The van der Waals surface area contributed by atoms with Crippen LogP contribution in [0, 0.1) is 6.92 Å². The Labute approximate surface area is 199 Å². The Hall–Kier alpha value is -3.36. The highest BCUT2D eigenvalue weighted by Gasteiger charge is 2.47. The lowest BCUT2D eigenvalue weighted by Gasteiger charge is -2.31. The summed E-state index contributed by atoms with van der Waals surface area (Å²) >= 11 is 0. The fourth-order valence-electron chi connectivity index (χ4n) is 4.42. The molecule has 0 bridgehead atoms. The van der Waals surface area contributed by atoms with Crippen LogP contribution in [0.4, 0.5) is 0 Å². The van der Waals surface area contributed by atoms with Gasteiger partial charge in [0.05, 0.1) is 39.0 Å². The van der Waals surface area contributed by atoms with Gasteiger partial charge in [0.2, 0.25) is 0 Å². The van der Waals surface area contributed by atoms with E-state index in [0.717, 1.165) is 18.7 Å². The van der Waals surface area contributed by atoms with Crippen LogP contribution in [-0.2, 0) is 14.3 Å². The van der Waals surface area contributed by atoms with Crippen molar-refractivity contribution in [3.05, 3.63) is 64.7 Å². The summed E-state index contributed by atoms with van der Waals surface area (Å²) in [6.07, 6.45) is 0. The molecule has 8 nitrogen and oxygen atoms in total. The number of carbonyl (C=O) groups is 2. The number of morpholine rings is 1. The Balaban J connectivity index is 1.79. The number of carbonyl (C=O) groups excluding carboxylic acids is 2. The van der Waals surface area contributed by atoms with E-state index in [-0.39, 0.29) is 11.3 Å². The Morgan fingerprint density at radius 2 is 1.74 bits per heavy atom. The van der Waals surface area contributed by atoms with E-state index in [4.69, 9.17) is 14.2 Å². The van der Waals surface area contributed by atoms with Crippen LogP contribution in [0.5, 0.6) is 11.5 Å². The molecule has 2 aliphatic rings. The fraction of sp³-hybridized carbons (Fsp3) is 0.385. The fourth-order valence-corrected chi connectivity index (χ4v) is 4.42. The molecule has 2 fully saturated rings. The number of benzene rings is 2. The molecule has 0 aromatic heterocycles. The number of amides is 1. The van der Waals surface area contributed by atoms with Crippen LogP contribution in [0.3, 0.4) is 0 Å². The highest BCUT2D eigenvalue weighted by molar-refractivity contribution is 6.46. The van der Waals surface area contributed by atoms with Crippen LogP contribution in [0.1, 0.15) is 22.7 Å². The van der Waals surface area contributed by atoms with Crippen LogP contribution in [0.2, 0.25) is 0 Å². The first-order valence-corrected chi connectivity index (χ1v) is 11.3. The third kappa shape index (κ3) is 4.64. The van der Waals surface area contributed by atoms with Crippen molar-refractivity contribution in [1.82, 2.24) is 9.80 Å². The molecule has 180 valence electrons. The lowest BCUT2D eigenvalue weighted by molar-refractivity contribution is -0.140. The second-order valence-corrected chi connectivity index (χ2v) is 8.42. The van der Waals surface area contributed by atoms with E-state index in [9.17, 15) is 14.7 Å². The molecule has 0 radical (unpaired) electrons. The SMILES string of the molecule is COc1ccc([C@@H]2/C(=C(\O)c3ccc(C)cc3)C(=O)C(=O)N2CCN2CCOCC2)c(OC)c1. The molecule has 2 aromatic carbocycles. The summed E-state index contributed by atoms with van der Waals surface area (Å²) < 4.78 is 16.3. The van der Waals surface area contributed by atoms with Crippen LogP contribution in [0.25, 0.3) is 5.76 Å². The first-order valence-electron chi connectivity index (χ1n) is 11.3. The Bertz CT molecular complexity index is 1090. The van der Waals surface area contributed by atoms with E-state index in [1.165, 1.54) is 12.0 Å². The monoisotopic (exact) mass is 466 g/mol. The predicted octanol–water partition coefficient (Wildman–Crippen LogP) is 2.77. The maximum absolute atomic E-state index is 13.2. The van der Waals surface area contributed by atoms with Crippen LogP contribution >= 0.6 is 0 Å². The number of ketones is 1. The number of hydrogen-bond acceptors (Lipinski definition) is 7. The summed E-state index contributed by atoms with van der Waals surface area (Å²) in [6.45, 7) is 5.68. The van der Waals surface area contributed by atoms with E-state index in [1.807, 2.05) is 19.1 Å². The number of nitrogens with zero attached hydrogens (tertiary/aromatic N) is 2. The number of ether oxygens (including phenoxy) is 3. The quantitative estimate of drug-likeness (QED) is 0.381. The molecule has 4 rings (SSSR count). The van der Waals surface area contributed by atoms with Gasteiger partial charge in [-0.1, -0.05) is 29.8 Å². The molecule has 0 spiro atoms. The van der Waals surface area contributed by atoms with E-state index in [1.54, 1.807) is 37.4 Å². The topological polar surface area (TPSA) is 88.5 Å². The smallest absolute Gasteiger partial charge is 0.295 e. The zero-order chi connectivity index (χ0) is 24.2. The summed E-state index contributed by atoms with van der Waals surface area (Å²) in [5.41, 5.74) is 2.17. The molecule has 2 saturated heterocycles. The highest BCUT2D eigenvalue weighted by atomic mass is 16.5. The normalized spacial score (nSPS) is 20.6. The number of aliphatic hydroxyl groups is 1. The van der Waals surface area contributed by atoms with Crippen molar-refractivity contribution in [2.24, 2.45) is 0 Å². The largest absolute Gasteiger partial charge is 0.507 e. The number of aryl methyl sites for hydroxylation is 1. The van der Waals surface area contributed by atoms with Gasteiger partial charge in [0.1, 0.15) is 17.3 Å². The zero-order valence-corrected chi connectivity index (χ0v) is 19.7. The molecular weight excluding hydrogens is 436 g/mol. The lowest BCUT2D eigenvalue weighted by atomic mass is 9.94. The number of methoxy groups -OCH3 is 2. The van der Waals surface area contributed by atoms with Crippen molar-refractivity contribution in [2.75, 3.05) is 53.6 Å². The Morgan fingerprint density at radius 1 is 1.03 bits per heavy atom. The summed E-state index contributed by atoms with van der Waals surface area (Å²) in [5.74, 6) is -0.482. The molecule has 1 amide bonds. The molecule has 0 saturated carbocycles. The first-order chi connectivity index (χ1) is 16.4. The average molecular weight is 467 g/mol. The van der Waals surface area contributed by atoms with Crippen molar-refractivity contribution in [1.29, 1.82) is 0 Å². The van der Waals surface area contributed by atoms with Crippen molar-refractivity contribution in [3.8, 4) is 11.5 Å². The number of aliphatic hydroxyl groups excluding tert-OH is 1. The van der Waals surface area contributed by atoms with E-state index in [2.05, 4.69) is 4.90 Å². The Kier molecular flexibility index (Phi) is 7.19. The van der Waals surface area contributed by atoms with Gasteiger partial charge in [-0.05, 0) is 19.1 Å². The molecule has 0 aliphatic carbocycles. The third-order valence-electron chi connectivity index (χ3n) is 6.36. The average Bonchev–Trinajstić information content (AvgIpc) is 3.12. The van der Waals surface area contributed by atoms with Gasteiger partial charge >= 0.3 is 0 Å². The van der Waals surface area contributed by atoms with Crippen LogP contribution < -0.4 is 9.47 Å². The predicted molar refractivity (Wildman–Crippen MR) is 127 cm³/mol. The summed E-state index contributed by atoms with van der Waals surface area (Å²) in [7, 11) is 3.08. The third-order valence-corrected chi connectivity index (χ3v) is 6.36. The van der Waals surface area contributed by atoms with Crippen molar-refractivity contribution >= 4 is 17.4 Å². The lowest BCUT2D eigenvalue weighted by Crippen LogP contribution is -2.42. The summed E-state index contributed by atoms with van der Waals surface area (Å²) in [5, 5.41) is 11.2. The number of Topliss-reactive ketones (excluding diaryl/α,β-unsaturated/α-hetero) is 1. The minimum absolute atomic E-state index is 0.0549. The van der Waals surface area contributed by atoms with Crippen molar-refractivity contribution in [3.63, 3.8) is 0 Å². The van der Waals surface area contributed by atoms with Gasteiger partial charge in [0, 0.05) is 43.4 Å². The van der Waals surface area contributed by atoms with E-state index >= 15 is 0 Å². The van der Waals surface area contributed by atoms with Gasteiger partial charge in [-0.2, -0.15) is 0 Å². The molecule has 1 N–H and O–H groups in total. The van der Waals surface area contributed by atoms with Gasteiger partial charge in [-0.25, -0.2) is 0 Å². The molecular formula is C26H30N2O6. The van der Waals surface area contributed by atoms with E-state index < -0.39 is 17.7 Å². The molecule has 0 unspecified atom stereocenters. The number of likely N-dealkylation sites (tertiary alicyclic amines) is 1. The van der Waals surface area contributed by atoms with Crippen LogP contribution in [0.15, 0.2) is 48.0 Å². The molecule has 8 heteroatoms. The van der Waals surface area contributed by atoms with Gasteiger partial charge in [0.15, 0.2) is 0 Å². The summed E-state index contributed by atoms with van der Waals surface area (Å²) in [6, 6.07) is 11.7. The molecule has 34 heavy (non-hydrogen) atoms. The molecule has 2 aromatic rings. The van der Waals surface area contributed by atoms with Crippen molar-refractivity contribution in [2.45, 2.75) is 13.0 Å². The van der Waals surface area contributed by atoms with Gasteiger partial charge in [0.25, 0.3) is 11.7 Å². The second kappa shape index (κ2) is 10.3. The minimum Gasteiger partial charge on any atom is -0.507 e. The minimum atomic E-state index is -0.789. The Morgan fingerprint density at radius 3 is 2.38 bits per heavy atom. The number of hydrogen-bond donors (Lipinski definition) is 1. The first kappa shape index (κ1) is 23.8. The molecule has 1 atom stereocenters. The van der Waals surface area contributed by atoms with Gasteiger partial charge < -0.3 is 24.2 Å². The molecule has 2 heterocycles. The van der Waals surface area contributed by atoms with Crippen molar-refractivity contribution < 1.29 is 28.9 Å². The maximum Gasteiger partial charge on any atom is 0.295 e. The number of rotatable bonds is 7. The second-order valence-electron chi connectivity index (χ2n) is 8.42. The van der Waals surface area contributed by atoms with Gasteiger partial charge in [-0.3, -0.25) is 14.5 Å². The van der Waals surface area contributed by atoms with Crippen LogP contribution in [-0.4, -0.2) is 80.2 Å². The van der Waals surface area contributed by atoms with E-state index in [0.29, 0.717) is 48.9 Å². The summed E-state index contributed by atoms with van der Waals surface area (Å²) in [4.78, 5) is 30.2. The highest BCUT2D eigenvalue weighted by Crippen LogP contribution is 2.43. The maximum atomic E-state index is 13.2. The standard InChI is InChI=1S/C26H30N2O6/c1-17-4-6-18(7-5-17)24(29)22-23(20-9-8-19(32-2)16-21(20)33-3)28(26(31)25(22)30)11-10-27-12-14-34-15-13-27/h4-9,16,23,29H,10-15H2,1-3H3/b24-22+/t23-/m1/s1. The van der Waals surface area contributed by atoms with Gasteiger partial charge in [-0.15, -0.1) is 0 Å². The molecule has 2 aliphatic heterocycles. The zero-order valence-electron chi connectivity index (χ0n) is 19.7.